The van der Waals surface area contributed by atoms with Crippen LogP contribution in [0.4, 0.5) is 4.39 Å². The lowest BCUT2D eigenvalue weighted by atomic mass is 10.2. The van der Waals surface area contributed by atoms with E-state index in [1.807, 2.05) is 0 Å². The van der Waals surface area contributed by atoms with E-state index in [1.54, 1.807) is 11.9 Å². The summed E-state index contributed by atoms with van der Waals surface area (Å²) in [6.45, 7) is 0.738. The smallest absolute Gasteiger partial charge is 0.331 e. The molecule has 0 fully saturated rings. The Labute approximate surface area is 146 Å². The third-order valence-electron chi connectivity index (χ3n) is 2.99. The number of nitrogens with one attached hydrogen (secondary N) is 1. The van der Waals surface area contributed by atoms with Crippen LogP contribution in [0, 0.1) is 5.82 Å². The van der Waals surface area contributed by atoms with Gasteiger partial charge >= 0.3 is 23.6 Å². The molecule has 0 aromatic carbocycles. The lowest BCUT2D eigenvalue weighted by molar-refractivity contribution is -0.167. The zero-order valence-electron chi connectivity index (χ0n) is 14.1. The lowest BCUT2D eigenvalue weighted by Crippen LogP contribution is -2.32. The highest BCUT2D eigenvalue weighted by molar-refractivity contribution is 5.72. The van der Waals surface area contributed by atoms with Gasteiger partial charge in [0.15, 0.2) is 6.73 Å². The van der Waals surface area contributed by atoms with E-state index < -0.39 is 48.5 Å². The standard InChI is InChI=1S/C15H19FN2O8/c1-2-4-11(19)25-9-26-13(21)6-3-5-12(20)24-8-18-7-10(16)14(22)17-15(18)23/h7H,2-6,8-9H2,1H3,(H,17,22,23). The van der Waals surface area contributed by atoms with Crippen LogP contribution >= 0.6 is 0 Å². The Morgan fingerprint density at radius 3 is 2.23 bits per heavy atom. The fourth-order valence-corrected chi connectivity index (χ4v) is 1.68. The molecule has 0 saturated heterocycles. The SMILES string of the molecule is CCCC(=O)OCOC(=O)CCCC(=O)OCn1cc(F)c(=O)[nH]c1=O. The molecule has 26 heavy (non-hydrogen) atoms. The molecule has 1 aromatic rings. The number of halogens is 1. The average Bonchev–Trinajstić information content (AvgIpc) is 2.57. The Kier molecular flexibility index (Phi) is 8.75. The second kappa shape index (κ2) is 10.8. The van der Waals surface area contributed by atoms with E-state index in [9.17, 15) is 28.4 Å². The molecule has 0 atom stereocenters. The first kappa shape index (κ1) is 21.1. The molecule has 144 valence electrons. The van der Waals surface area contributed by atoms with Crippen LogP contribution in [0.15, 0.2) is 15.8 Å². The first-order valence-electron chi connectivity index (χ1n) is 7.79. The van der Waals surface area contributed by atoms with Gasteiger partial charge < -0.3 is 14.2 Å². The number of aromatic nitrogens is 2. The number of hydrogen-bond donors (Lipinski definition) is 1. The van der Waals surface area contributed by atoms with Crippen molar-refractivity contribution in [2.45, 2.75) is 45.8 Å². The minimum atomic E-state index is -1.19. The third-order valence-corrected chi connectivity index (χ3v) is 2.99. The first-order chi connectivity index (χ1) is 12.3. The van der Waals surface area contributed by atoms with Gasteiger partial charge in [0, 0.05) is 19.3 Å². The summed E-state index contributed by atoms with van der Waals surface area (Å²) in [5, 5.41) is 0. The number of H-pyrrole nitrogens is 1. The fourth-order valence-electron chi connectivity index (χ4n) is 1.68. The zero-order valence-corrected chi connectivity index (χ0v) is 14.1. The molecule has 0 radical (unpaired) electrons. The number of rotatable bonds is 10. The van der Waals surface area contributed by atoms with Gasteiger partial charge in [0.05, 0.1) is 6.20 Å². The van der Waals surface area contributed by atoms with E-state index in [4.69, 9.17) is 4.74 Å². The normalized spacial score (nSPS) is 10.2. The van der Waals surface area contributed by atoms with Gasteiger partial charge in [-0.2, -0.15) is 4.39 Å². The highest BCUT2D eigenvalue weighted by Crippen LogP contribution is 2.01. The second-order valence-corrected chi connectivity index (χ2v) is 5.11. The molecule has 0 spiro atoms. The van der Waals surface area contributed by atoms with Crippen LogP contribution in [0.3, 0.4) is 0 Å². The molecular weight excluding hydrogens is 355 g/mol. The molecule has 0 amide bonds. The number of carbonyl (C=O) groups excluding carboxylic acids is 3. The molecule has 1 rings (SSSR count). The minimum Gasteiger partial charge on any atom is -0.444 e. The predicted octanol–water partition coefficient (Wildman–Crippen LogP) is 0.191. The third kappa shape index (κ3) is 7.73. The lowest BCUT2D eigenvalue weighted by Gasteiger charge is -2.07. The van der Waals surface area contributed by atoms with Crippen LogP contribution in [-0.2, 0) is 35.3 Å². The van der Waals surface area contributed by atoms with Crippen LogP contribution < -0.4 is 11.2 Å². The number of ether oxygens (including phenoxy) is 3. The molecule has 0 aliphatic carbocycles. The van der Waals surface area contributed by atoms with E-state index in [-0.39, 0.29) is 25.7 Å². The quantitative estimate of drug-likeness (QED) is 0.453. The van der Waals surface area contributed by atoms with E-state index in [2.05, 4.69) is 9.47 Å². The van der Waals surface area contributed by atoms with Crippen molar-refractivity contribution in [3.8, 4) is 0 Å². The first-order valence-corrected chi connectivity index (χ1v) is 7.79. The van der Waals surface area contributed by atoms with Crippen molar-refractivity contribution in [3.05, 3.63) is 32.9 Å². The van der Waals surface area contributed by atoms with E-state index in [0.717, 1.165) is 0 Å². The van der Waals surface area contributed by atoms with Gasteiger partial charge in [-0.15, -0.1) is 0 Å². The highest BCUT2D eigenvalue weighted by atomic mass is 19.1. The Hall–Kier alpha value is -2.98. The van der Waals surface area contributed by atoms with Gasteiger partial charge in [-0.3, -0.25) is 28.7 Å². The van der Waals surface area contributed by atoms with Gasteiger partial charge in [0.1, 0.15) is 0 Å². The van der Waals surface area contributed by atoms with Crippen molar-refractivity contribution >= 4 is 17.9 Å². The van der Waals surface area contributed by atoms with Crippen molar-refractivity contribution in [1.29, 1.82) is 0 Å². The predicted molar refractivity (Wildman–Crippen MR) is 83.2 cm³/mol. The summed E-state index contributed by atoms with van der Waals surface area (Å²) in [6, 6.07) is 0. The van der Waals surface area contributed by atoms with Crippen LogP contribution in [0.5, 0.6) is 0 Å². The minimum absolute atomic E-state index is 0.104. The van der Waals surface area contributed by atoms with Gasteiger partial charge in [-0.1, -0.05) is 6.92 Å². The molecule has 11 heteroatoms. The molecule has 0 aliphatic rings. The van der Waals surface area contributed by atoms with Crippen molar-refractivity contribution in [2.24, 2.45) is 0 Å². The monoisotopic (exact) mass is 374 g/mol. The van der Waals surface area contributed by atoms with E-state index in [1.165, 1.54) is 0 Å². The summed E-state index contributed by atoms with van der Waals surface area (Å²) in [5.41, 5.74) is -2.10. The van der Waals surface area contributed by atoms with E-state index >= 15 is 0 Å². The molecular formula is C15H19FN2O8. The maximum atomic E-state index is 13.0. The maximum absolute atomic E-state index is 13.0. The zero-order chi connectivity index (χ0) is 19.5. The summed E-state index contributed by atoms with van der Waals surface area (Å²) in [4.78, 5) is 57.8. The number of nitrogens with zero attached hydrogens (tertiary/aromatic N) is 1. The highest BCUT2D eigenvalue weighted by Gasteiger charge is 2.10. The fraction of sp³-hybridized carbons (Fsp3) is 0.533. The Morgan fingerprint density at radius 1 is 1.04 bits per heavy atom. The van der Waals surface area contributed by atoms with Gasteiger partial charge in [0.2, 0.25) is 12.6 Å². The molecule has 0 unspecified atom stereocenters. The van der Waals surface area contributed by atoms with Gasteiger partial charge in [-0.05, 0) is 12.8 Å². The molecule has 1 heterocycles. The van der Waals surface area contributed by atoms with Gasteiger partial charge in [-0.25, -0.2) is 4.79 Å². The Morgan fingerprint density at radius 2 is 1.62 bits per heavy atom. The summed E-state index contributed by atoms with van der Waals surface area (Å²) in [6.07, 6.45) is 1.32. The molecule has 1 aromatic heterocycles. The van der Waals surface area contributed by atoms with E-state index in [0.29, 0.717) is 17.2 Å². The molecule has 0 saturated carbocycles. The molecule has 1 N–H and O–H groups in total. The number of esters is 3. The van der Waals surface area contributed by atoms with Gasteiger partial charge in [0.25, 0.3) is 5.56 Å². The van der Waals surface area contributed by atoms with Crippen LogP contribution in [0.25, 0.3) is 0 Å². The maximum Gasteiger partial charge on any atom is 0.331 e. The molecule has 10 nitrogen and oxygen atoms in total. The van der Waals surface area contributed by atoms with Crippen molar-refractivity contribution in [2.75, 3.05) is 6.79 Å². The van der Waals surface area contributed by atoms with Crippen LogP contribution in [0.1, 0.15) is 39.0 Å². The van der Waals surface area contributed by atoms with Crippen molar-refractivity contribution < 1.29 is 33.0 Å². The topological polar surface area (TPSA) is 134 Å². The summed E-state index contributed by atoms with van der Waals surface area (Å²) in [5.74, 6) is -3.05. The Bertz CT molecular complexity index is 755. The summed E-state index contributed by atoms with van der Waals surface area (Å²) < 4.78 is 27.7. The second-order valence-electron chi connectivity index (χ2n) is 5.11. The largest absolute Gasteiger partial charge is 0.444 e. The summed E-state index contributed by atoms with van der Waals surface area (Å²) in [7, 11) is 0. The van der Waals surface area contributed by atoms with Crippen LogP contribution in [0.2, 0.25) is 0 Å². The van der Waals surface area contributed by atoms with Crippen molar-refractivity contribution in [3.63, 3.8) is 0 Å². The Balaban J connectivity index is 2.23. The number of carbonyl (C=O) groups is 3. The van der Waals surface area contributed by atoms with Crippen molar-refractivity contribution in [1.82, 2.24) is 9.55 Å². The molecule has 0 aliphatic heterocycles. The number of aromatic amines is 1. The summed E-state index contributed by atoms with van der Waals surface area (Å²) >= 11 is 0. The number of hydrogen-bond acceptors (Lipinski definition) is 8. The molecule has 0 bridgehead atoms. The van der Waals surface area contributed by atoms with Crippen LogP contribution in [-0.4, -0.2) is 34.3 Å². The average molecular weight is 374 g/mol.